The van der Waals surface area contributed by atoms with Gasteiger partial charge in [-0.05, 0) is 59.2 Å². The van der Waals surface area contributed by atoms with Crippen LogP contribution < -0.4 is 9.64 Å². The summed E-state index contributed by atoms with van der Waals surface area (Å²) in [7, 11) is -3.58. The first-order valence-corrected chi connectivity index (χ1v) is 13.0. The minimum Gasteiger partial charge on any atom is -0.493 e. The molecule has 0 amide bonds. The summed E-state index contributed by atoms with van der Waals surface area (Å²) in [5.74, 6) is 2.64. The number of piperidine rings is 1. The van der Waals surface area contributed by atoms with Crippen LogP contribution in [-0.2, 0) is 16.3 Å². The van der Waals surface area contributed by atoms with Crippen LogP contribution >= 0.6 is 0 Å². The molecule has 2 heterocycles. The molecule has 33 heavy (non-hydrogen) atoms. The summed E-state index contributed by atoms with van der Waals surface area (Å²) in [6.07, 6.45) is 5.76. The first-order valence-electron chi connectivity index (χ1n) is 11.1. The fraction of sp³-hybridized carbons (Fsp3) is 0.360. The molecule has 0 bridgehead atoms. The Kier molecular flexibility index (Phi) is 5.56. The summed E-state index contributed by atoms with van der Waals surface area (Å²) in [5, 5.41) is 0. The van der Waals surface area contributed by atoms with Crippen LogP contribution in [0.4, 0.5) is 10.3 Å². The highest BCUT2D eigenvalue weighted by Gasteiger charge is 2.56. The van der Waals surface area contributed by atoms with E-state index in [0.29, 0.717) is 29.9 Å². The van der Waals surface area contributed by atoms with E-state index in [0.717, 1.165) is 48.6 Å². The molecule has 0 spiro atoms. The Hall–Kier alpha value is -3.00. The smallest absolute Gasteiger partial charge is 0.225 e. The maximum atomic E-state index is 14.2. The van der Waals surface area contributed by atoms with Crippen molar-refractivity contribution < 1.29 is 17.5 Å². The lowest BCUT2D eigenvalue weighted by Gasteiger charge is -2.19. The van der Waals surface area contributed by atoms with E-state index < -0.39 is 15.7 Å². The van der Waals surface area contributed by atoms with E-state index in [1.54, 1.807) is 6.07 Å². The minimum atomic E-state index is -3.58. The van der Waals surface area contributed by atoms with Gasteiger partial charge >= 0.3 is 0 Å². The monoisotopic (exact) mass is 467 g/mol. The largest absolute Gasteiger partial charge is 0.493 e. The van der Waals surface area contributed by atoms with Crippen LogP contribution in [0.2, 0.25) is 0 Å². The second kappa shape index (κ2) is 8.41. The van der Waals surface area contributed by atoms with Gasteiger partial charge in [0.1, 0.15) is 16.5 Å². The van der Waals surface area contributed by atoms with Crippen LogP contribution in [0.15, 0.2) is 59.8 Å². The first kappa shape index (κ1) is 21.8. The maximum Gasteiger partial charge on any atom is 0.225 e. The van der Waals surface area contributed by atoms with Crippen molar-refractivity contribution in [3.63, 3.8) is 0 Å². The van der Waals surface area contributed by atoms with E-state index in [2.05, 4.69) is 21.8 Å². The summed E-state index contributed by atoms with van der Waals surface area (Å²) in [6, 6.07) is 11.6. The lowest BCUT2D eigenvalue weighted by atomic mass is 10.1. The molecule has 2 aromatic carbocycles. The number of hydrogen-bond donors (Lipinski definition) is 0. The molecule has 1 saturated carbocycles. The SMILES string of the molecule is CCc1cnc(N2CC3C(COc4ccc(-c5ccc(S(C)(=O)=O)c(F)c5)cc4)C3C2)nc1. The third kappa shape index (κ3) is 4.44. The zero-order valence-corrected chi connectivity index (χ0v) is 19.4. The number of nitrogens with zero attached hydrogens (tertiary/aromatic N) is 3. The van der Waals surface area contributed by atoms with E-state index in [-0.39, 0.29) is 4.90 Å². The highest BCUT2D eigenvalue weighted by atomic mass is 32.2. The van der Waals surface area contributed by atoms with Crippen molar-refractivity contribution in [2.24, 2.45) is 17.8 Å². The fourth-order valence-electron chi connectivity index (χ4n) is 4.67. The van der Waals surface area contributed by atoms with Gasteiger partial charge in [-0.25, -0.2) is 22.8 Å². The quantitative estimate of drug-likeness (QED) is 0.523. The molecule has 172 valence electrons. The minimum absolute atomic E-state index is 0.288. The number of halogens is 1. The van der Waals surface area contributed by atoms with Gasteiger partial charge < -0.3 is 9.64 Å². The molecule has 2 aliphatic rings. The van der Waals surface area contributed by atoms with Crippen LogP contribution in [-0.4, -0.2) is 44.3 Å². The Labute approximate surface area is 193 Å². The van der Waals surface area contributed by atoms with Crippen molar-refractivity contribution in [2.75, 3.05) is 30.9 Å². The molecule has 1 aliphatic heterocycles. The van der Waals surface area contributed by atoms with Crippen molar-refractivity contribution in [1.29, 1.82) is 0 Å². The standard InChI is InChI=1S/C25H26FN3O3S/c1-3-16-11-27-25(28-12-16)29-13-20-21(14-29)22(20)15-32-19-7-4-17(5-8-19)18-6-9-24(23(26)10-18)33(2,30)31/h4-12,20-22H,3,13-15H2,1-2H3. The molecular weight excluding hydrogens is 441 g/mol. The van der Waals surface area contributed by atoms with E-state index in [9.17, 15) is 12.8 Å². The molecule has 1 saturated heterocycles. The predicted molar refractivity (Wildman–Crippen MR) is 125 cm³/mol. The second-order valence-electron chi connectivity index (χ2n) is 8.89. The number of ether oxygens (including phenoxy) is 1. The molecular formula is C25H26FN3O3S. The van der Waals surface area contributed by atoms with Gasteiger partial charge in [0.05, 0.1) is 6.61 Å². The molecule has 0 N–H and O–H groups in total. The van der Waals surface area contributed by atoms with Gasteiger partial charge in [-0.2, -0.15) is 0 Å². The van der Waals surface area contributed by atoms with Gasteiger partial charge in [-0.1, -0.05) is 25.1 Å². The molecule has 1 aromatic heterocycles. The number of hydrogen-bond acceptors (Lipinski definition) is 6. The molecule has 2 atom stereocenters. The van der Waals surface area contributed by atoms with E-state index >= 15 is 0 Å². The van der Waals surface area contributed by atoms with Crippen LogP contribution in [0.5, 0.6) is 5.75 Å². The summed E-state index contributed by atoms with van der Waals surface area (Å²) in [6.45, 7) is 4.71. The molecule has 1 aliphatic carbocycles. The molecule has 5 rings (SSSR count). The van der Waals surface area contributed by atoms with Gasteiger partial charge in [0.25, 0.3) is 0 Å². The average Bonchev–Trinajstić information content (AvgIpc) is 3.25. The molecule has 8 heteroatoms. The zero-order valence-electron chi connectivity index (χ0n) is 18.6. The van der Waals surface area contributed by atoms with E-state index in [1.807, 2.05) is 36.7 Å². The van der Waals surface area contributed by atoms with Crippen LogP contribution in [0.3, 0.4) is 0 Å². The fourth-order valence-corrected chi connectivity index (χ4v) is 5.40. The number of rotatable bonds is 7. The zero-order chi connectivity index (χ0) is 23.2. The predicted octanol–water partition coefficient (Wildman–Crippen LogP) is 4.01. The van der Waals surface area contributed by atoms with E-state index in [4.69, 9.17) is 4.74 Å². The molecule has 6 nitrogen and oxygen atoms in total. The molecule has 2 unspecified atom stereocenters. The lowest BCUT2D eigenvalue weighted by Crippen LogP contribution is -2.27. The topological polar surface area (TPSA) is 72.4 Å². The van der Waals surface area contributed by atoms with Crippen molar-refractivity contribution in [1.82, 2.24) is 9.97 Å². The van der Waals surface area contributed by atoms with Crippen LogP contribution in [0, 0.1) is 23.6 Å². The summed E-state index contributed by atoms with van der Waals surface area (Å²) in [5.41, 5.74) is 2.57. The number of aryl methyl sites for hydroxylation is 1. The lowest BCUT2D eigenvalue weighted by molar-refractivity contribution is 0.283. The number of aromatic nitrogens is 2. The number of anilines is 1. The Balaban J connectivity index is 1.15. The third-order valence-electron chi connectivity index (χ3n) is 6.72. The van der Waals surface area contributed by atoms with Gasteiger partial charge in [0, 0.05) is 37.7 Å². The van der Waals surface area contributed by atoms with Crippen LogP contribution in [0.25, 0.3) is 11.1 Å². The first-order chi connectivity index (χ1) is 15.8. The van der Waals surface area contributed by atoms with Gasteiger partial charge in [-0.3, -0.25) is 0 Å². The van der Waals surface area contributed by atoms with Crippen molar-refractivity contribution in [3.8, 4) is 16.9 Å². The van der Waals surface area contributed by atoms with Crippen molar-refractivity contribution >= 4 is 15.8 Å². The maximum absolute atomic E-state index is 14.2. The summed E-state index contributed by atoms with van der Waals surface area (Å²) >= 11 is 0. The Morgan fingerprint density at radius 1 is 1.03 bits per heavy atom. The van der Waals surface area contributed by atoms with Gasteiger partial charge in [-0.15, -0.1) is 0 Å². The average molecular weight is 468 g/mol. The Bertz CT molecular complexity index is 1250. The highest BCUT2D eigenvalue weighted by molar-refractivity contribution is 7.90. The van der Waals surface area contributed by atoms with Crippen molar-refractivity contribution in [3.05, 3.63) is 66.2 Å². The van der Waals surface area contributed by atoms with E-state index in [1.165, 1.54) is 12.1 Å². The molecule has 2 fully saturated rings. The normalized spacial score (nSPS) is 21.7. The van der Waals surface area contributed by atoms with Crippen molar-refractivity contribution in [2.45, 2.75) is 18.2 Å². The third-order valence-corrected chi connectivity index (χ3v) is 7.85. The van der Waals surface area contributed by atoms with Gasteiger partial charge in [0.2, 0.25) is 5.95 Å². The van der Waals surface area contributed by atoms with Gasteiger partial charge in [0.15, 0.2) is 9.84 Å². The Morgan fingerprint density at radius 3 is 2.24 bits per heavy atom. The number of fused-ring (bicyclic) bond motifs is 1. The number of sulfone groups is 1. The number of benzene rings is 2. The second-order valence-corrected chi connectivity index (χ2v) is 10.9. The molecule has 3 aromatic rings. The van der Waals surface area contributed by atoms with Crippen LogP contribution in [0.1, 0.15) is 12.5 Å². The highest BCUT2D eigenvalue weighted by Crippen LogP contribution is 2.52. The summed E-state index contributed by atoms with van der Waals surface area (Å²) < 4.78 is 43.4. The molecule has 0 radical (unpaired) electrons. The Morgan fingerprint density at radius 2 is 1.67 bits per heavy atom. The summed E-state index contributed by atoms with van der Waals surface area (Å²) in [4.78, 5) is 11.0.